The van der Waals surface area contributed by atoms with E-state index >= 15 is 0 Å². The van der Waals surface area contributed by atoms with Gasteiger partial charge in [-0.15, -0.1) is 0 Å². The first-order valence-electron chi connectivity index (χ1n) is 7.75. The van der Waals surface area contributed by atoms with E-state index in [1.165, 1.54) is 23.8 Å². The normalized spacial score (nSPS) is 24.1. The van der Waals surface area contributed by atoms with Crippen LogP contribution in [0.5, 0.6) is 0 Å². The molecule has 1 aliphatic rings. The van der Waals surface area contributed by atoms with Crippen LogP contribution in [0.2, 0.25) is 0 Å². The van der Waals surface area contributed by atoms with Gasteiger partial charge in [0.2, 0.25) is 0 Å². The van der Waals surface area contributed by atoms with E-state index < -0.39 is 0 Å². The minimum atomic E-state index is 0.179. The van der Waals surface area contributed by atoms with Crippen LogP contribution in [0.1, 0.15) is 37.8 Å². The van der Waals surface area contributed by atoms with Crippen LogP contribution >= 0.6 is 15.9 Å². The first-order valence-corrected chi connectivity index (χ1v) is 8.54. The van der Waals surface area contributed by atoms with Gasteiger partial charge < -0.3 is 5.73 Å². The minimum absolute atomic E-state index is 0.179. The summed E-state index contributed by atoms with van der Waals surface area (Å²) in [5.74, 6) is 0. The first-order chi connectivity index (χ1) is 10.2. The fourth-order valence-corrected chi connectivity index (χ4v) is 3.90. The molecule has 21 heavy (non-hydrogen) atoms. The summed E-state index contributed by atoms with van der Waals surface area (Å²) in [6.45, 7) is 4.38. The molecule has 1 aromatic carbocycles. The lowest BCUT2D eigenvalue weighted by atomic mass is 9.94. The van der Waals surface area contributed by atoms with Crippen molar-refractivity contribution < 1.29 is 0 Å². The van der Waals surface area contributed by atoms with Crippen molar-refractivity contribution >= 4 is 26.8 Å². The maximum atomic E-state index is 6.52. The van der Waals surface area contributed by atoms with Gasteiger partial charge in [-0.2, -0.15) is 0 Å². The van der Waals surface area contributed by atoms with Crippen LogP contribution in [0.3, 0.4) is 0 Å². The van der Waals surface area contributed by atoms with E-state index in [9.17, 15) is 0 Å². The Morgan fingerprint density at radius 3 is 3.00 bits per heavy atom. The summed E-state index contributed by atoms with van der Waals surface area (Å²) < 4.78 is 1.10. The zero-order chi connectivity index (χ0) is 14.8. The summed E-state index contributed by atoms with van der Waals surface area (Å²) >= 11 is 3.63. The van der Waals surface area contributed by atoms with Crippen molar-refractivity contribution in [2.75, 3.05) is 13.1 Å². The molecule has 2 atom stereocenters. The maximum absolute atomic E-state index is 6.52. The molecule has 0 bridgehead atoms. The molecular weight excluding hydrogens is 326 g/mol. The van der Waals surface area contributed by atoms with E-state index in [4.69, 9.17) is 5.73 Å². The lowest BCUT2D eigenvalue weighted by molar-refractivity contribution is 0.196. The molecule has 2 heterocycles. The summed E-state index contributed by atoms with van der Waals surface area (Å²) in [5.41, 5.74) is 8.87. The molecule has 3 rings (SSSR count). The second-order valence-electron chi connectivity index (χ2n) is 5.77. The number of likely N-dealkylation sites (N-methyl/N-ethyl adjacent to an activating group) is 1. The Kier molecular flexibility index (Phi) is 4.57. The van der Waals surface area contributed by atoms with Gasteiger partial charge in [0.05, 0.1) is 11.6 Å². The van der Waals surface area contributed by atoms with Gasteiger partial charge in [0, 0.05) is 22.1 Å². The van der Waals surface area contributed by atoms with Gasteiger partial charge in [-0.25, -0.2) is 0 Å². The smallest absolute Gasteiger partial charge is 0.0761 e. The molecule has 0 amide bonds. The van der Waals surface area contributed by atoms with Crippen molar-refractivity contribution in [3.8, 4) is 0 Å². The van der Waals surface area contributed by atoms with Crippen LogP contribution in [0, 0.1) is 0 Å². The van der Waals surface area contributed by atoms with Crippen molar-refractivity contribution in [3.05, 3.63) is 40.5 Å². The fraction of sp³-hybridized carbons (Fsp3) is 0.471. The molecule has 3 nitrogen and oxygen atoms in total. The number of nitrogens with two attached hydrogens (primary N) is 1. The third-order valence-corrected chi connectivity index (χ3v) is 5.20. The molecule has 0 saturated carbocycles. The molecule has 4 heteroatoms. The van der Waals surface area contributed by atoms with Gasteiger partial charge in [-0.3, -0.25) is 9.88 Å². The second-order valence-corrected chi connectivity index (χ2v) is 6.62. The lowest BCUT2D eigenvalue weighted by Crippen LogP contribution is -2.39. The second kappa shape index (κ2) is 6.42. The predicted octanol–water partition coefficient (Wildman–Crippen LogP) is 3.87. The Hall–Kier alpha value is -0.970. The Morgan fingerprint density at radius 2 is 2.19 bits per heavy atom. The molecule has 2 aromatic rings. The van der Waals surface area contributed by atoms with Crippen LogP contribution in [0.15, 0.2) is 34.9 Å². The van der Waals surface area contributed by atoms with Crippen molar-refractivity contribution in [2.45, 2.75) is 38.3 Å². The topological polar surface area (TPSA) is 42.1 Å². The Morgan fingerprint density at radius 1 is 1.33 bits per heavy atom. The summed E-state index contributed by atoms with van der Waals surface area (Å²) in [5, 5.41) is 1.17. The van der Waals surface area contributed by atoms with Crippen molar-refractivity contribution in [3.63, 3.8) is 0 Å². The zero-order valence-corrected chi connectivity index (χ0v) is 14.0. The predicted molar refractivity (Wildman–Crippen MR) is 91.3 cm³/mol. The van der Waals surface area contributed by atoms with Crippen molar-refractivity contribution in [2.24, 2.45) is 5.73 Å². The highest BCUT2D eigenvalue weighted by Gasteiger charge is 2.29. The van der Waals surface area contributed by atoms with Gasteiger partial charge in [0.15, 0.2) is 0 Å². The average Bonchev–Trinajstić information content (AvgIpc) is 2.70. The van der Waals surface area contributed by atoms with Crippen molar-refractivity contribution in [1.29, 1.82) is 0 Å². The highest BCUT2D eigenvalue weighted by atomic mass is 79.9. The maximum Gasteiger partial charge on any atom is 0.0761 e. The Balaban J connectivity index is 2.15. The third-order valence-electron chi connectivity index (χ3n) is 4.50. The molecule has 1 aromatic heterocycles. The standard InChI is InChI=1S/C17H22BrN3/c1-2-21-11-4-3-7-15(19)17(21)13-8-9-14(18)12-6-5-10-20-16(12)13/h5-6,8-10,15,17H,2-4,7,11,19H2,1H3. The van der Waals surface area contributed by atoms with Crippen molar-refractivity contribution in [1.82, 2.24) is 9.88 Å². The summed E-state index contributed by atoms with van der Waals surface area (Å²) in [7, 11) is 0. The molecule has 0 radical (unpaired) electrons. The molecule has 1 aliphatic heterocycles. The van der Waals surface area contributed by atoms with E-state index in [1.54, 1.807) is 0 Å². The number of pyridine rings is 1. The number of halogens is 1. The number of hydrogen-bond acceptors (Lipinski definition) is 3. The molecule has 1 fully saturated rings. The van der Waals surface area contributed by atoms with Gasteiger partial charge in [-0.1, -0.05) is 41.4 Å². The summed E-state index contributed by atoms with van der Waals surface area (Å²) in [6, 6.07) is 8.88. The van der Waals surface area contributed by atoms with Crippen LogP contribution in [0.4, 0.5) is 0 Å². The van der Waals surface area contributed by atoms with E-state index in [0.29, 0.717) is 0 Å². The van der Waals surface area contributed by atoms with E-state index in [1.807, 2.05) is 12.3 Å². The fourth-order valence-electron chi connectivity index (χ4n) is 3.44. The average molecular weight is 348 g/mol. The van der Waals surface area contributed by atoms with Crippen LogP contribution in [-0.2, 0) is 0 Å². The Bertz CT molecular complexity index is 628. The van der Waals surface area contributed by atoms with Gasteiger partial charge in [0.25, 0.3) is 0 Å². The van der Waals surface area contributed by atoms with Gasteiger partial charge in [0.1, 0.15) is 0 Å². The lowest BCUT2D eigenvalue weighted by Gasteiger charge is -2.33. The summed E-state index contributed by atoms with van der Waals surface area (Å²) in [6.07, 6.45) is 5.42. The SMILES string of the molecule is CCN1CCCCC(N)C1c1ccc(Br)c2cccnc12. The molecule has 112 valence electrons. The van der Waals surface area contributed by atoms with Gasteiger partial charge >= 0.3 is 0 Å². The number of rotatable bonds is 2. The molecule has 1 saturated heterocycles. The number of benzene rings is 1. The number of nitrogens with zero attached hydrogens (tertiary/aromatic N) is 2. The third kappa shape index (κ3) is 2.85. The van der Waals surface area contributed by atoms with E-state index in [-0.39, 0.29) is 12.1 Å². The van der Waals surface area contributed by atoms with E-state index in [0.717, 1.165) is 29.5 Å². The quantitative estimate of drug-likeness (QED) is 0.896. The highest BCUT2D eigenvalue weighted by molar-refractivity contribution is 9.10. The largest absolute Gasteiger partial charge is 0.326 e. The van der Waals surface area contributed by atoms with E-state index in [2.05, 4.69) is 50.9 Å². The molecule has 2 N–H and O–H groups in total. The first kappa shape index (κ1) is 14.9. The van der Waals surface area contributed by atoms with Crippen LogP contribution < -0.4 is 5.73 Å². The number of hydrogen-bond donors (Lipinski definition) is 1. The zero-order valence-electron chi connectivity index (χ0n) is 12.4. The molecule has 0 spiro atoms. The number of fused-ring (bicyclic) bond motifs is 1. The minimum Gasteiger partial charge on any atom is -0.326 e. The van der Waals surface area contributed by atoms with Gasteiger partial charge in [-0.05, 0) is 43.6 Å². The molecular formula is C17H22BrN3. The number of aromatic nitrogens is 1. The molecule has 2 unspecified atom stereocenters. The number of likely N-dealkylation sites (tertiary alicyclic amines) is 1. The molecule has 0 aliphatic carbocycles. The van der Waals surface area contributed by atoms with Crippen LogP contribution in [-0.4, -0.2) is 29.0 Å². The monoisotopic (exact) mass is 347 g/mol. The Labute approximate surface area is 134 Å². The highest BCUT2D eigenvalue weighted by Crippen LogP contribution is 2.35. The van der Waals surface area contributed by atoms with Crippen LogP contribution in [0.25, 0.3) is 10.9 Å². The summed E-state index contributed by atoms with van der Waals surface area (Å²) in [4.78, 5) is 7.15.